The summed E-state index contributed by atoms with van der Waals surface area (Å²) in [6, 6.07) is 9.53. The predicted molar refractivity (Wildman–Crippen MR) is 63.3 cm³/mol. The van der Waals surface area contributed by atoms with Crippen molar-refractivity contribution in [3.8, 4) is 0 Å². The molecule has 0 atom stereocenters. The van der Waals surface area contributed by atoms with Crippen LogP contribution in [0.1, 0.15) is 0 Å². The lowest BCUT2D eigenvalue weighted by atomic mass is 10.3. The Balaban J connectivity index is 2.61. The van der Waals surface area contributed by atoms with Crippen LogP contribution in [0, 0.1) is 0 Å². The number of thiocarbonyl (C=S) groups is 1. The SMILES string of the molecule is CNC(=S)/N=C(\N)Nc1ccccc1. The number of benzene rings is 1. The number of guanidine groups is 1. The summed E-state index contributed by atoms with van der Waals surface area (Å²) in [5.74, 6) is 0.274. The average Bonchev–Trinajstić information content (AvgIpc) is 2.19. The van der Waals surface area contributed by atoms with Crippen LogP contribution in [0.25, 0.3) is 0 Å². The molecule has 0 spiro atoms. The highest BCUT2D eigenvalue weighted by atomic mass is 32.1. The summed E-state index contributed by atoms with van der Waals surface area (Å²) in [5, 5.41) is 5.97. The van der Waals surface area contributed by atoms with Gasteiger partial charge in [0.05, 0.1) is 0 Å². The Kier molecular flexibility index (Phi) is 3.87. The second-order valence-electron chi connectivity index (χ2n) is 2.54. The molecule has 4 N–H and O–H groups in total. The van der Waals surface area contributed by atoms with Gasteiger partial charge in [-0.3, -0.25) is 0 Å². The molecule has 0 bridgehead atoms. The van der Waals surface area contributed by atoms with Crippen LogP contribution < -0.4 is 16.4 Å². The monoisotopic (exact) mass is 208 g/mol. The van der Waals surface area contributed by atoms with Crippen molar-refractivity contribution in [2.24, 2.45) is 10.7 Å². The van der Waals surface area contributed by atoms with Crippen LogP contribution in [-0.2, 0) is 0 Å². The van der Waals surface area contributed by atoms with Crippen LogP contribution in [0.15, 0.2) is 35.3 Å². The van der Waals surface area contributed by atoms with E-state index < -0.39 is 0 Å². The van der Waals surface area contributed by atoms with Gasteiger partial charge in [-0.05, 0) is 24.4 Å². The first-order valence-electron chi connectivity index (χ1n) is 4.10. The first-order chi connectivity index (χ1) is 6.72. The lowest BCUT2D eigenvalue weighted by molar-refractivity contribution is 1.18. The fraction of sp³-hybridized carbons (Fsp3) is 0.111. The number of para-hydroxylation sites is 1. The number of nitrogens with zero attached hydrogens (tertiary/aromatic N) is 1. The van der Waals surface area contributed by atoms with E-state index in [2.05, 4.69) is 15.6 Å². The Labute approximate surface area is 88.2 Å². The van der Waals surface area contributed by atoms with Gasteiger partial charge in [-0.15, -0.1) is 0 Å². The van der Waals surface area contributed by atoms with E-state index >= 15 is 0 Å². The summed E-state index contributed by atoms with van der Waals surface area (Å²) in [7, 11) is 1.70. The van der Waals surface area contributed by atoms with Gasteiger partial charge in [0.15, 0.2) is 5.11 Å². The largest absolute Gasteiger partial charge is 0.369 e. The van der Waals surface area contributed by atoms with E-state index in [1.807, 2.05) is 30.3 Å². The molecule has 0 aliphatic rings. The second-order valence-corrected chi connectivity index (χ2v) is 2.93. The molecule has 0 aliphatic carbocycles. The summed E-state index contributed by atoms with van der Waals surface area (Å²) < 4.78 is 0. The van der Waals surface area contributed by atoms with Crippen LogP contribution in [0.2, 0.25) is 0 Å². The third-order valence-corrected chi connectivity index (χ3v) is 1.78. The minimum atomic E-state index is 0.274. The van der Waals surface area contributed by atoms with Crippen LogP contribution in [-0.4, -0.2) is 18.1 Å². The fourth-order valence-corrected chi connectivity index (χ4v) is 0.961. The summed E-state index contributed by atoms with van der Waals surface area (Å²) in [6.45, 7) is 0. The Morgan fingerprint density at radius 1 is 1.36 bits per heavy atom. The maximum Gasteiger partial charge on any atom is 0.200 e. The van der Waals surface area contributed by atoms with Crippen molar-refractivity contribution < 1.29 is 0 Å². The minimum Gasteiger partial charge on any atom is -0.369 e. The first kappa shape index (κ1) is 10.5. The van der Waals surface area contributed by atoms with Gasteiger partial charge in [-0.2, -0.15) is 4.99 Å². The number of anilines is 1. The quantitative estimate of drug-likeness (QED) is 0.365. The van der Waals surface area contributed by atoms with Gasteiger partial charge in [0, 0.05) is 12.7 Å². The molecule has 0 aromatic heterocycles. The molecular formula is C9H12N4S. The predicted octanol–water partition coefficient (Wildman–Crippen LogP) is 0.917. The number of hydrogen-bond donors (Lipinski definition) is 3. The Morgan fingerprint density at radius 2 is 2.00 bits per heavy atom. The third-order valence-electron chi connectivity index (χ3n) is 1.48. The molecule has 0 unspecified atom stereocenters. The molecular weight excluding hydrogens is 196 g/mol. The number of aliphatic imine (C=N–C) groups is 1. The Hall–Kier alpha value is -1.62. The third kappa shape index (κ3) is 3.40. The van der Waals surface area contributed by atoms with E-state index in [0.29, 0.717) is 5.11 Å². The van der Waals surface area contributed by atoms with Crippen LogP contribution in [0.3, 0.4) is 0 Å². The topological polar surface area (TPSA) is 62.4 Å². The number of hydrogen-bond acceptors (Lipinski definition) is 1. The van der Waals surface area contributed by atoms with E-state index in [0.717, 1.165) is 5.69 Å². The molecule has 0 amide bonds. The van der Waals surface area contributed by atoms with Crippen LogP contribution >= 0.6 is 12.2 Å². The molecule has 14 heavy (non-hydrogen) atoms. The van der Waals surface area contributed by atoms with Gasteiger partial charge in [0.2, 0.25) is 5.96 Å². The van der Waals surface area contributed by atoms with Gasteiger partial charge in [-0.1, -0.05) is 18.2 Å². The Morgan fingerprint density at radius 3 is 2.57 bits per heavy atom. The van der Waals surface area contributed by atoms with E-state index in [1.165, 1.54) is 0 Å². The van der Waals surface area contributed by atoms with Crippen molar-refractivity contribution in [3.63, 3.8) is 0 Å². The summed E-state index contributed by atoms with van der Waals surface area (Å²) >= 11 is 4.83. The van der Waals surface area contributed by atoms with E-state index in [9.17, 15) is 0 Å². The molecule has 5 heteroatoms. The van der Waals surface area contributed by atoms with Gasteiger partial charge >= 0.3 is 0 Å². The average molecular weight is 208 g/mol. The molecule has 0 saturated carbocycles. The molecule has 0 radical (unpaired) electrons. The zero-order chi connectivity index (χ0) is 10.4. The van der Waals surface area contributed by atoms with Gasteiger partial charge in [-0.25, -0.2) is 0 Å². The highest BCUT2D eigenvalue weighted by Gasteiger charge is 1.94. The second kappa shape index (κ2) is 5.18. The molecule has 1 rings (SSSR count). The van der Waals surface area contributed by atoms with Crippen molar-refractivity contribution in [1.82, 2.24) is 5.32 Å². The van der Waals surface area contributed by atoms with Crippen LogP contribution in [0.4, 0.5) is 5.69 Å². The summed E-state index contributed by atoms with van der Waals surface area (Å²) in [4.78, 5) is 3.89. The fourth-order valence-electron chi connectivity index (χ4n) is 0.863. The number of nitrogens with two attached hydrogens (primary N) is 1. The smallest absolute Gasteiger partial charge is 0.200 e. The molecule has 74 valence electrons. The van der Waals surface area contributed by atoms with Gasteiger partial charge < -0.3 is 16.4 Å². The van der Waals surface area contributed by atoms with Crippen molar-refractivity contribution in [2.75, 3.05) is 12.4 Å². The van der Waals surface area contributed by atoms with Crippen molar-refractivity contribution in [2.45, 2.75) is 0 Å². The number of nitrogens with one attached hydrogen (secondary N) is 2. The zero-order valence-corrected chi connectivity index (χ0v) is 8.64. The van der Waals surface area contributed by atoms with E-state index in [1.54, 1.807) is 7.05 Å². The maximum absolute atomic E-state index is 5.59. The highest BCUT2D eigenvalue weighted by Crippen LogP contribution is 2.03. The van der Waals surface area contributed by atoms with E-state index in [4.69, 9.17) is 18.0 Å². The standard InChI is InChI=1S/C9H12N4S/c1-11-9(14)13-8(10)12-7-5-3-2-4-6-7/h2-6H,1H3,(H4,10,11,12,13,14). The molecule has 4 nitrogen and oxygen atoms in total. The molecule has 0 fully saturated rings. The molecule has 0 saturated heterocycles. The zero-order valence-electron chi connectivity index (χ0n) is 7.82. The summed E-state index contributed by atoms with van der Waals surface area (Å²) in [5.41, 5.74) is 6.48. The van der Waals surface area contributed by atoms with Crippen molar-refractivity contribution >= 4 is 29.0 Å². The maximum atomic E-state index is 5.59. The molecule has 0 aliphatic heterocycles. The normalized spacial score (nSPS) is 10.8. The lowest BCUT2D eigenvalue weighted by Crippen LogP contribution is -2.26. The van der Waals surface area contributed by atoms with Crippen LogP contribution in [0.5, 0.6) is 0 Å². The highest BCUT2D eigenvalue weighted by molar-refractivity contribution is 7.80. The first-order valence-corrected chi connectivity index (χ1v) is 4.51. The number of rotatable bonds is 1. The summed E-state index contributed by atoms with van der Waals surface area (Å²) in [6.07, 6.45) is 0. The van der Waals surface area contributed by atoms with E-state index in [-0.39, 0.29) is 5.96 Å². The Bertz CT molecular complexity index is 334. The minimum absolute atomic E-state index is 0.274. The lowest BCUT2D eigenvalue weighted by Gasteiger charge is -2.04. The molecule has 1 aromatic rings. The van der Waals surface area contributed by atoms with Gasteiger partial charge in [0.25, 0.3) is 0 Å². The van der Waals surface area contributed by atoms with Crippen molar-refractivity contribution in [3.05, 3.63) is 30.3 Å². The molecule has 1 aromatic carbocycles. The molecule has 0 heterocycles. The van der Waals surface area contributed by atoms with Gasteiger partial charge in [0.1, 0.15) is 0 Å². The van der Waals surface area contributed by atoms with Crippen molar-refractivity contribution in [1.29, 1.82) is 0 Å².